The minimum Gasteiger partial charge on any atom is -0.392 e. The zero-order valence-corrected chi connectivity index (χ0v) is 22.2. The van der Waals surface area contributed by atoms with E-state index in [1.54, 1.807) is 36.1 Å². The van der Waals surface area contributed by atoms with Crippen LogP contribution in [-0.2, 0) is 25.7 Å². The summed E-state index contributed by atoms with van der Waals surface area (Å²) in [6.45, 7) is -0.0162. The lowest BCUT2D eigenvalue weighted by molar-refractivity contribution is -0.245. The van der Waals surface area contributed by atoms with E-state index in [0.717, 1.165) is 16.7 Å². The molecule has 3 aromatic rings. The number of hydrogen-bond donors (Lipinski definition) is 4. The smallest absolute Gasteiger partial charge is 0.243 e. The molecule has 0 saturated carbocycles. The number of hydroxylamine groups is 1. The first-order chi connectivity index (χ1) is 19.0. The van der Waals surface area contributed by atoms with E-state index < -0.39 is 12.2 Å². The number of rotatable bonds is 12. The number of carbonyl (C=O) groups is 2. The molecule has 0 bridgehead atoms. The van der Waals surface area contributed by atoms with Gasteiger partial charge in [0.05, 0.1) is 18.8 Å². The van der Waals surface area contributed by atoms with Crippen LogP contribution in [0.3, 0.4) is 0 Å². The van der Waals surface area contributed by atoms with Gasteiger partial charge in [-0.25, -0.2) is 15.4 Å². The van der Waals surface area contributed by atoms with Crippen molar-refractivity contribution in [1.82, 2.24) is 15.4 Å². The number of benzene rings is 2. The van der Waals surface area contributed by atoms with Crippen molar-refractivity contribution in [2.45, 2.75) is 62.4 Å². The van der Waals surface area contributed by atoms with Gasteiger partial charge in [0.2, 0.25) is 11.8 Å². The molecule has 0 unspecified atom stereocenters. The highest BCUT2D eigenvalue weighted by molar-refractivity contribution is 7.99. The molecule has 1 fully saturated rings. The van der Waals surface area contributed by atoms with Gasteiger partial charge in [-0.15, -0.1) is 0 Å². The molecule has 1 saturated heterocycles. The molecule has 2 aromatic carbocycles. The maximum Gasteiger partial charge on any atom is 0.243 e. The van der Waals surface area contributed by atoms with Crippen LogP contribution in [0.1, 0.15) is 61.2 Å². The number of amides is 2. The first-order valence-corrected chi connectivity index (χ1v) is 13.8. The average Bonchev–Trinajstić information content (AvgIpc) is 2.99. The van der Waals surface area contributed by atoms with Gasteiger partial charge >= 0.3 is 0 Å². The molecule has 4 N–H and O–H groups in total. The van der Waals surface area contributed by atoms with Crippen molar-refractivity contribution in [2.75, 3.05) is 11.1 Å². The zero-order chi connectivity index (χ0) is 27.5. The van der Waals surface area contributed by atoms with Gasteiger partial charge in [-0.1, -0.05) is 48.2 Å². The van der Waals surface area contributed by atoms with E-state index in [1.807, 2.05) is 36.4 Å². The highest BCUT2D eigenvalue weighted by Gasteiger charge is 2.32. The third-order valence-corrected chi connectivity index (χ3v) is 7.21. The summed E-state index contributed by atoms with van der Waals surface area (Å²) < 4.78 is 12.7. The highest BCUT2D eigenvalue weighted by atomic mass is 32.2. The van der Waals surface area contributed by atoms with Crippen LogP contribution >= 0.6 is 11.8 Å². The van der Waals surface area contributed by atoms with E-state index in [4.69, 9.17) is 14.7 Å². The van der Waals surface area contributed by atoms with Crippen LogP contribution in [-0.4, -0.2) is 44.0 Å². The maximum absolute atomic E-state index is 12.3. The third-order valence-electron chi connectivity index (χ3n) is 6.20. The van der Waals surface area contributed by atoms with Gasteiger partial charge in [0.1, 0.15) is 0 Å². The molecular formula is C28H32N4O6S. The van der Waals surface area contributed by atoms with Gasteiger partial charge < -0.3 is 19.9 Å². The van der Waals surface area contributed by atoms with E-state index in [0.29, 0.717) is 35.9 Å². The summed E-state index contributed by atoms with van der Waals surface area (Å²) in [5, 5.41) is 21.5. The Bertz CT molecular complexity index is 1200. The van der Waals surface area contributed by atoms with Crippen molar-refractivity contribution in [2.24, 2.45) is 0 Å². The number of thioether (sulfide) groups is 1. The van der Waals surface area contributed by atoms with Crippen molar-refractivity contribution < 1.29 is 29.4 Å². The lowest BCUT2D eigenvalue weighted by atomic mass is 10.0. The van der Waals surface area contributed by atoms with Crippen LogP contribution in [0.4, 0.5) is 5.69 Å². The topological polar surface area (TPSA) is 143 Å². The van der Waals surface area contributed by atoms with E-state index in [9.17, 15) is 14.7 Å². The Morgan fingerprint density at radius 3 is 2.26 bits per heavy atom. The summed E-state index contributed by atoms with van der Waals surface area (Å²) in [7, 11) is 0. The standard InChI is InChI=1S/C28H32N4O6S/c33-17-19-6-8-20(9-7-19)24-16-23(18-39-28-29-14-3-15-30-28)37-27(38-24)21-10-12-22(13-11-21)31-25(34)4-1-2-5-26(35)32-36/h3,6-15,23-24,27,33,36H,1-2,4-5,16-18H2,(H,31,34)(H,32,35)/t23-,24+,27+/m0/s1. The normalized spacial score (nSPS) is 18.9. The molecule has 3 atom stereocenters. The van der Waals surface area contributed by atoms with Gasteiger partial charge in [-0.2, -0.15) is 0 Å². The molecule has 0 aliphatic carbocycles. The summed E-state index contributed by atoms with van der Waals surface area (Å²) in [6, 6.07) is 16.9. The molecule has 1 aromatic heterocycles. The van der Waals surface area contributed by atoms with Crippen molar-refractivity contribution in [3.05, 3.63) is 83.7 Å². The molecule has 0 spiro atoms. The van der Waals surface area contributed by atoms with Crippen LogP contribution in [0.15, 0.2) is 72.1 Å². The molecule has 10 nitrogen and oxygen atoms in total. The predicted octanol–water partition coefficient (Wildman–Crippen LogP) is 4.31. The first kappa shape index (κ1) is 28.7. The first-order valence-electron chi connectivity index (χ1n) is 12.8. The number of anilines is 1. The molecule has 206 valence electrons. The Morgan fingerprint density at radius 1 is 0.923 bits per heavy atom. The third kappa shape index (κ3) is 8.84. The van der Waals surface area contributed by atoms with Gasteiger partial charge in [0.25, 0.3) is 0 Å². The highest BCUT2D eigenvalue weighted by Crippen LogP contribution is 2.39. The average molecular weight is 553 g/mol. The maximum atomic E-state index is 12.3. The predicted molar refractivity (Wildman–Crippen MR) is 145 cm³/mol. The van der Waals surface area contributed by atoms with E-state index >= 15 is 0 Å². The van der Waals surface area contributed by atoms with Crippen molar-refractivity contribution in [1.29, 1.82) is 0 Å². The summed E-state index contributed by atoms with van der Waals surface area (Å²) >= 11 is 1.53. The molecule has 11 heteroatoms. The summed E-state index contributed by atoms with van der Waals surface area (Å²) in [6.07, 6.45) is 4.65. The Kier molecular flexibility index (Phi) is 10.8. The number of nitrogens with one attached hydrogen (secondary N) is 2. The van der Waals surface area contributed by atoms with Crippen molar-refractivity contribution in [3.63, 3.8) is 0 Å². The lowest BCUT2D eigenvalue weighted by Gasteiger charge is -2.36. The SMILES string of the molecule is O=C(CCCCC(=O)Nc1ccc([C@@H]2O[C@H](CSc3ncccn3)C[C@H](c3ccc(CO)cc3)O2)cc1)NO. The summed E-state index contributed by atoms with van der Waals surface area (Å²) in [5.74, 6) is 0.0455. The second-order valence-electron chi connectivity index (χ2n) is 9.10. The lowest BCUT2D eigenvalue weighted by Crippen LogP contribution is -2.31. The van der Waals surface area contributed by atoms with Gasteiger partial charge in [-0.3, -0.25) is 14.8 Å². The van der Waals surface area contributed by atoms with Gasteiger partial charge in [-0.05, 0) is 42.2 Å². The quantitative estimate of drug-likeness (QED) is 0.0850. The number of aromatic nitrogens is 2. The molecule has 2 heterocycles. The number of hydrogen-bond acceptors (Lipinski definition) is 9. The molecule has 0 radical (unpaired) electrons. The van der Waals surface area contributed by atoms with Crippen LogP contribution in [0, 0.1) is 0 Å². The largest absolute Gasteiger partial charge is 0.392 e. The Labute approximate surface area is 231 Å². The second-order valence-corrected chi connectivity index (χ2v) is 10.1. The van der Waals surface area contributed by atoms with Gasteiger partial charge in [0, 0.05) is 48.7 Å². The number of aliphatic hydroxyl groups is 1. The Morgan fingerprint density at radius 2 is 1.59 bits per heavy atom. The van der Waals surface area contributed by atoms with E-state index in [-0.39, 0.29) is 37.6 Å². The Balaban J connectivity index is 1.39. The van der Waals surface area contributed by atoms with Crippen LogP contribution < -0.4 is 10.8 Å². The number of ether oxygens (including phenoxy) is 2. The molecule has 39 heavy (non-hydrogen) atoms. The molecular weight excluding hydrogens is 520 g/mol. The van der Waals surface area contributed by atoms with Crippen LogP contribution in [0.5, 0.6) is 0 Å². The van der Waals surface area contributed by atoms with Crippen molar-refractivity contribution >= 4 is 29.3 Å². The monoisotopic (exact) mass is 552 g/mol. The fourth-order valence-corrected chi connectivity index (χ4v) is 4.94. The number of nitrogens with zero attached hydrogens (tertiary/aromatic N) is 2. The number of aliphatic hydroxyl groups excluding tert-OH is 1. The number of carbonyl (C=O) groups excluding carboxylic acids is 2. The zero-order valence-electron chi connectivity index (χ0n) is 21.4. The number of unbranched alkanes of at least 4 members (excludes halogenated alkanes) is 1. The second kappa shape index (κ2) is 14.7. The molecule has 4 rings (SSSR count). The summed E-state index contributed by atoms with van der Waals surface area (Å²) in [5.41, 5.74) is 4.90. The Hall–Kier alpha value is -3.35. The fraction of sp³-hybridized carbons (Fsp3) is 0.357. The molecule has 2 amide bonds. The molecule has 1 aliphatic rings. The molecule has 1 aliphatic heterocycles. The van der Waals surface area contributed by atoms with E-state index in [2.05, 4.69) is 15.3 Å². The van der Waals surface area contributed by atoms with E-state index in [1.165, 1.54) is 11.8 Å². The fourth-order valence-electron chi connectivity index (χ4n) is 4.12. The van der Waals surface area contributed by atoms with Gasteiger partial charge in [0.15, 0.2) is 11.4 Å². The minimum absolute atomic E-state index is 0.0162. The minimum atomic E-state index is -0.606. The summed E-state index contributed by atoms with van der Waals surface area (Å²) in [4.78, 5) is 31.9. The van der Waals surface area contributed by atoms with Crippen molar-refractivity contribution in [3.8, 4) is 0 Å². The van der Waals surface area contributed by atoms with Crippen LogP contribution in [0.2, 0.25) is 0 Å². The van der Waals surface area contributed by atoms with Crippen LogP contribution in [0.25, 0.3) is 0 Å².